The fourth-order valence-electron chi connectivity index (χ4n) is 1.58. The predicted octanol–water partition coefficient (Wildman–Crippen LogP) is 3.25. The van der Waals surface area contributed by atoms with Gasteiger partial charge in [0.25, 0.3) is 0 Å². The van der Waals surface area contributed by atoms with Gasteiger partial charge in [-0.2, -0.15) is 0 Å². The molecular weight excluding hydrogens is 269 g/mol. The van der Waals surface area contributed by atoms with Gasteiger partial charge in [-0.05, 0) is 40.0 Å². The highest BCUT2D eigenvalue weighted by molar-refractivity contribution is 6.31. The minimum Gasteiger partial charge on any atom is -0.465 e. The second kappa shape index (κ2) is 6.35. The van der Waals surface area contributed by atoms with E-state index < -0.39 is 5.54 Å². The standard InChI is InChI=1S/C14H19ClFNO2/c1-5-19-13(18)14(2,3)17(4)9-10-11(15)7-6-8-12(10)16/h6-8H,5,9H2,1-4H3. The first-order valence-electron chi connectivity index (χ1n) is 6.12. The number of hydrogen-bond donors (Lipinski definition) is 0. The molecule has 5 heteroatoms. The molecule has 1 aromatic rings. The number of likely N-dealkylation sites (N-methyl/N-ethyl adjacent to an activating group) is 1. The summed E-state index contributed by atoms with van der Waals surface area (Å²) in [5.74, 6) is -0.719. The second-order valence-corrected chi connectivity index (χ2v) is 5.24. The van der Waals surface area contributed by atoms with Crippen molar-refractivity contribution in [3.05, 3.63) is 34.6 Å². The third-order valence-electron chi connectivity index (χ3n) is 3.19. The molecule has 0 saturated carbocycles. The maximum atomic E-state index is 13.7. The molecule has 1 rings (SSSR count). The third-order valence-corrected chi connectivity index (χ3v) is 3.54. The van der Waals surface area contributed by atoms with Gasteiger partial charge in [0, 0.05) is 17.1 Å². The lowest BCUT2D eigenvalue weighted by Gasteiger charge is -2.33. The normalized spacial score (nSPS) is 11.7. The molecule has 0 amide bonds. The second-order valence-electron chi connectivity index (χ2n) is 4.84. The van der Waals surface area contributed by atoms with E-state index in [0.29, 0.717) is 17.2 Å². The van der Waals surface area contributed by atoms with E-state index in [1.807, 2.05) is 0 Å². The van der Waals surface area contributed by atoms with Crippen LogP contribution in [0.1, 0.15) is 26.3 Å². The van der Waals surface area contributed by atoms with Crippen molar-refractivity contribution < 1.29 is 13.9 Å². The summed E-state index contributed by atoms with van der Waals surface area (Å²) in [5.41, 5.74) is -0.467. The Bertz CT molecular complexity index is 443. The molecule has 19 heavy (non-hydrogen) atoms. The monoisotopic (exact) mass is 287 g/mol. The topological polar surface area (TPSA) is 29.5 Å². The van der Waals surface area contributed by atoms with Crippen LogP contribution in [0.4, 0.5) is 4.39 Å². The molecule has 0 aromatic heterocycles. The molecule has 1 aromatic carbocycles. The first-order valence-corrected chi connectivity index (χ1v) is 6.49. The number of carbonyl (C=O) groups excluding carboxylic acids is 1. The van der Waals surface area contributed by atoms with E-state index in [1.165, 1.54) is 6.07 Å². The molecule has 0 bridgehead atoms. The van der Waals surface area contributed by atoms with Gasteiger partial charge in [-0.1, -0.05) is 17.7 Å². The molecule has 0 radical (unpaired) electrons. The summed E-state index contributed by atoms with van der Waals surface area (Å²) in [6.07, 6.45) is 0. The Labute approximate surface area is 118 Å². The van der Waals surface area contributed by atoms with Crippen LogP contribution in [0, 0.1) is 5.82 Å². The van der Waals surface area contributed by atoms with Crippen molar-refractivity contribution in [1.82, 2.24) is 4.90 Å². The molecular formula is C14H19ClFNO2. The van der Waals surface area contributed by atoms with Crippen LogP contribution >= 0.6 is 11.6 Å². The Hall–Kier alpha value is -1.13. The summed E-state index contributed by atoms with van der Waals surface area (Å²) in [4.78, 5) is 13.6. The van der Waals surface area contributed by atoms with Crippen LogP contribution in [-0.2, 0) is 16.1 Å². The molecule has 0 N–H and O–H groups in total. The zero-order valence-corrected chi connectivity index (χ0v) is 12.4. The Morgan fingerprint density at radius 2 is 2.11 bits per heavy atom. The highest BCUT2D eigenvalue weighted by Crippen LogP contribution is 2.24. The van der Waals surface area contributed by atoms with Crippen LogP contribution in [0.2, 0.25) is 5.02 Å². The molecule has 0 aliphatic rings. The van der Waals surface area contributed by atoms with E-state index in [2.05, 4.69) is 0 Å². The van der Waals surface area contributed by atoms with E-state index in [1.54, 1.807) is 44.9 Å². The minimum absolute atomic E-state index is 0.233. The summed E-state index contributed by atoms with van der Waals surface area (Å²) < 4.78 is 18.7. The lowest BCUT2D eigenvalue weighted by molar-refractivity contribution is -0.155. The first kappa shape index (κ1) is 15.9. The minimum atomic E-state index is -0.846. The highest BCUT2D eigenvalue weighted by atomic mass is 35.5. The number of carbonyl (C=O) groups is 1. The quantitative estimate of drug-likeness (QED) is 0.779. The maximum Gasteiger partial charge on any atom is 0.325 e. The van der Waals surface area contributed by atoms with Gasteiger partial charge in [0.05, 0.1) is 6.61 Å². The largest absolute Gasteiger partial charge is 0.465 e. The van der Waals surface area contributed by atoms with Gasteiger partial charge in [0.15, 0.2) is 0 Å². The predicted molar refractivity (Wildman–Crippen MR) is 73.6 cm³/mol. The van der Waals surface area contributed by atoms with E-state index in [4.69, 9.17) is 16.3 Å². The highest BCUT2D eigenvalue weighted by Gasteiger charge is 2.34. The first-order chi connectivity index (χ1) is 8.80. The molecule has 106 valence electrons. The van der Waals surface area contributed by atoms with Crippen molar-refractivity contribution in [3.63, 3.8) is 0 Å². The number of rotatable bonds is 5. The fraction of sp³-hybridized carbons (Fsp3) is 0.500. The van der Waals surface area contributed by atoms with E-state index in [0.717, 1.165) is 0 Å². The number of hydrogen-bond acceptors (Lipinski definition) is 3. The molecule has 0 saturated heterocycles. The van der Waals surface area contributed by atoms with Gasteiger partial charge in [0.1, 0.15) is 11.4 Å². The van der Waals surface area contributed by atoms with Crippen molar-refractivity contribution in [2.45, 2.75) is 32.9 Å². The van der Waals surface area contributed by atoms with Gasteiger partial charge in [-0.25, -0.2) is 4.39 Å². The lowest BCUT2D eigenvalue weighted by Crippen LogP contribution is -2.48. The summed E-state index contributed by atoms with van der Waals surface area (Å²) in [5, 5.41) is 0.353. The van der Waals surface area contributed by atoms with Crippen LogP contribution < -0.4 is 0 Å². The number of nitrogens with zero attached hydrogens (tertiary/aromatic N) is 1. The van der Waals surface area contributed by atoms with Gasteiger partial charge >= 0.3 is 5.97 Å². The Balaban J connectivity index is 2.90. The summed E-state index contributed by atoms with van der Waals surface area (Å²) in [6, 6.07) is 4.54. The Morgan fingerprint density at radius 3 is 2.63 bits per heavy atom. The molecule has 0 aliphatic carbocycles. The zero-order valence-electron chi connectivity index (χ0n) is 11.7. The average molecular weight is 288 g/mol. The fourth-order valence-corrected chi connectivity index (χ4v) is 1.80. The van der Waals surface area contributed by atoms with E-state index in [-0.39, 0.29) is 18.3 Å². The third kappa shape index (κ3) is 3.67. The number of halogens is 2. The summed E-state index contributed by atoms with van der Waals surface area (Å²) in [6.45, 7) is 5.77. The molecule has 0 spiro atoms. The molecule has 3 nitrogen and oxygen atoms in total. The van der Waals surface area contributed by atoms with E-state index >= 15 is 0 Å². The van der Waals surface area contributed by atoms with Crippen LogP contribution in [0.3, 0.4) is 0 Å². The van der Waals surface area contributed by atoms with Crippen LogP contribution in [-0.4, -0.2) is 30.1 Å². The number of esters is 1. The Morgan fingerprint density at radius 1 is 1.47 bits per heavy atom. The Kier molecular flexibility index (Phi) is 5.32. The smallest absolute Gasteiger partial charge is 0.325 e. The summed E-state index contributed by atoms with van der Waals surface area (Å²) >= 11 is 5.98. The molecule has 0 heterocycles. The number of ether oxygens (including phenoxy) is 1. The molecule has 0 atom stereocenters. The van der Waals surface area contributed by atoms with Gasteiger partial charge in [-0.3, -0.25) is 9.69 Å². The molecule has 0 unspecified atom stereocenters. The van der Waals surface area contributed by atoms with Crippen molar-refractivity contribution in [2.24, 2.45) is 0 Å². The van der Waals surface area contributed by atoms with Gasteiger partial charge in [-0.15, -0.1) is 0 Å². The van der Waals surface area contributed by atoms with Crippen LogP contribution in [0.15, 0.2) is 18.2 Å². The maximum absolute atomic E-state index is 13.7. The summed E-state index contributed by atoms with van der Waals surface area (Å²) in [7, 11) is 1.74. The molecule has 0 fully saturated rings. The number of benzene rings is 1. The van der Waals surface area contributed by atoms with Crippen LogP contribution in [0.25, 0.3) is 0 Å². The SMILES string of the molecule is CCOC(=O)C(C)(C)N(C)Cc1c(F)cccc1Cl. The van der Waals surface area contributed by atoms with Gasteiger partial charge in [0.2, 0.25) is 0 Å². The van der Waals surface area contributed by atoms with Crippen molar-refractivity contribution in [3.8, 4) is 0 Å². The van der Waals surface area contributed by atoms with Crippen molar-refractivity contribution in [2.75, 3.05) is 13.7 Å². The van der Waals surface area contributed by atoms with E-state index in [9.17, 15) is 9.18 Å². The lowest BCUT2D eigenvalue weighted by atomic mass is 10.0. The van der Waals surface area contributed by atoms with Gasteiger partial charge < -0.3 is 4.74 Å². The van der Waals surface area contributed by atoms with Crippen molar-refractivity contribution in [1.29, 1.82) is 0 Å². The molecule has 0 aliphatic heterocycles. The average Bonchev–Trinajstić information content (AvgIpc) is 2.34. The van der Waals surface area contributed by atoms with Crippen LogP contribution in [0.5, 0.6) is 0 Å². The zero-order chi connectivity index (χ0) is 14.6. The van der Waals surface area contributed by atoms with Crippen molar-refractivity contribution >= 4 is 17.6 Å².